The van der Waals surface area contributed by atoms with Crippen LogP contribution >= 0.6 is 11.6 Å². The number of benzene rings is 1. The number of carbonyl (C=O) groups is 1. The molecule has 0 aliphatic carbocycles. The van der Waals surface area contributed by atoms with E-state index >= 15 is 0 Å². The number of hydrogen-bond acceptors (Lipinski definition) is 3. The first-order valence-electron chi connectivity index (χ1n) is 6.97. The fourth-order valence-corrected chi connectivity index (χ4v) is 2.47. The number of aryl methyl sites for hydroxylation is 2. The molecule has 1 amide bonds. The SMILES string of the molecule is Cc1[nH]nc2ncc(NC(=O)CCc3cccc(Cl)c3)cc12. The van der Waals surface area contributed by atoms with Crippen LogP contribution in [0.4, 0.5) is 5.69 Å². The molecule has 3 aromatic rings. The maximum absolute atomic E-state index is 12.0. The third-order valence-electron chi connectivity index (χ3n) is 3.41. The Morgan fingerprint density at radius 3 is 3.05 bits per heavy atom. The highest BCUT2D eigenvalue weighted by Gasteiger charge is 2.07. The number of pyridine rings is 1. The summed E-state index contributed by atoms with van der Waals surface area (Å²) in [5, 5.41) is 11.4. The molecule has 112 valence electrons. The third-order valence-corrected chi connectivity index (χ3v) is 3.65. The van der Waals surface area contributed by atoms with Gasteiger partial charge in [-0.2, -0.15) is 5.10 Å². The fourth-order valence-electron chi connectivity index (χ4n) is 2.26. The summed E-state index contributed by atoms with van der Waals surface area (Å²) in [5.41, 5.74) is 3.29. The van der Waals surface area contributed by atoms with E-state index in [0.717, 1.165) is 16.6 Å². The van der Waals surface area contributed by atoms with Gasteiger partial charge in [-0.25, -0.2) is 4.98 Å². The molecule has 3 rings (SSSR count). The molecule has 0 aliphatic heterocycles. The van der Waals surface area contributed by atoms with Crippen LogP contribution in [0.3, 0.4) is 0 Å². The molecule has 5 nitrogen and oxygen atoms in total. The van der Waals surface area contributed by atoms with Crippen molar-refractivity contribution in [1.82, 2.24) is 15.2 Å². The Balaban J connectivity index is 1.64. The zero-order chi connectivity index (χ0) is 15.5. The first kappa shape index (κ1) is 14.5. The van der Waals surface area contributed by atoms with E-state index in [0.29, 0.717) is 29.2 Å². The van der Waals surface area contributed by atoms with E-state index in [1.54, 1.807) is 6.20 Å². The van der Waals surface area contributed by atoms with E-state index in [9.17, 15) is 4.79 Å². The number of halogens is 1. The number of H-pyrrole nitrogens is 1. The smallest absolute Gasteiger partial charge is 0.224 e. The van der Waals surface area contributed by atoms with Crippen LogP contribution in [0.15, 0.2) is 36.5 Å². The van der Waals surface area contributed by atoms with E-state index in [-0.39, 0.29) is 5.91 Å². The number of amides is 1. The Kier molecular flexibility index (Phi) is 4.06. The average Bonchev–Trinajstić information content (AvgIpc) is 2.87. The Morgan fingerprint density at radius 2 is 2.23 bits per heavy atom. The van der Waals surface area contributed by atoms with Crippen LogP contribution in [0.25, 0.3) is 11.0 Å². The summed E-state index contributed by atoms with van der Waals surface area (Å²) < 4.78 is 0. The van der Waals surface area contributed by atoms with Gasteiger partial charge in [0.25, 0.3) is 0 Å². The van der Waals surface area contributed by atoms with E-state index in [4.69, 9.17) is 11.6 Å². The second kappa shape index (κ2) is 6.15. The first-order valence-corrected chi connectivity index (χ1v) is 7.34. The Hall–Kier alpha value is -2.40. The van der Waals surface area contributed by atoms with Gasteiger partial charge >= 0.3 is 0 Å². The molecular formula is C16H15ClN4O. The maximum Gasteiger partial charge on any atom is 0.224 e. The molecule has 0 unspecified atom stereocenters. The van der Waals surface area contributed by atoms with Gasteiger partial charge in [0.2, 0.25) is 5.91 Å². The van der Waals surface area contributed by atoms with Gasteiger partial charge in [-0.3, -0.25) is 9.89 Å². The average molecular weight is 315 g/mol. The van der Waals surface area contributed by atoms with Gasteiger partial charge in [0, 0.05) is 22.5 Å². The van der Waals surface area contributed by atoms with Gasteiger partial charge < -0.3 is 5.32 Å². The third kappa shape index (κ3) is 3.26. The molecular weight excluding hydrogens is 300 g/mol. The fraction of sp³-hybridized carbons (Fsp3) is 0.188. The normalized spacial score (nSPS) is 10.8. The van der Waals surface area contributed by atoms with E-state index < -0.39 is 0 Å². The molecule has 2 aromatic heterocycles. The summed E-state index contributed by atoms with van der Waals surface area (Å²) in [7, 11) is 0. The van der Waals surface area contributed by atoms with Gasteiger partial charge in [0.05, 0.1) is 11.9 Å². The Labute approximate surface area is 132 Å². The number of carbonyl (C=O) groups excluding carboxylic acids is 1. The standard InChI is InChI=1S/C16H15ClN4O/c1-10-14-8-13(9-18-16(14)21-20-10)19-15(22)6-5-11-3-2-4-12(17)7-11/h2-4,7-9H,5-6H2,1H3,(H,19,22)(H,18,20,21). The first-order chi connectivity index (χ1) is 10.6. The van der Waals surface area contributed by atoms with Gasteiger partial charge in [-0.05, 0) is 37.1 Å². The maximum atomic E-state index is 12.0. The molecule has 0 atom stereocenters. The van der Waals surface area contributed by atoms with Crippen molar-refractivity contribution in [2.24, 2.45) is 0 Å². The molecule has 0 saturated heterocycles. The summed E-state index contributed by atoms with van der Waals surface area (Å²) in [6.07, 6.45) is 2.65. The predicted molar refractivity (Wildman–Crippen MR) is 87.0 cm³/mol. The van der Waals surface area contributed by atoms with Crippen molar-refractivity contribution in [3.63, 3.8) is 0 Å². The number of aromatic nitrogens is 3. The number of hydrogen-bond donors (Lipinski definition) is 2. The lowest BCUT2D eigenvalue weighted by atomic mass is 10.1. The van der Waals surface area contributed by atoms with Crippen molar-refractivity contribution in [3.05, 3.63) is 52.8 Å². The zero-order valence-corrected chi connectivity index (χ0v) is 12.8. The number of rotatable bonds is 4. The molecule has 0 saturated carbocycles. The molecule has 0 radical (unpaired) electrons. The van der Waals surface area contributed by atoms with Crippen LogP contribution in [-0.4, -0.2) is 21.1 Å². The van der Waals surface area contributed by atoms with Crippen LogP contribution in [0.5, 0.6) is 0 Å². The summed E-state index contributed by atoms with van der Waals surface area (Å²) in [6, 6.07) is 9.41. The number of nitrogens with zero attached hydrogens (tertiary/aromatic N) is 2. The van der Waals surface area contributed by atoms with E-state index in [1.165, 1.54) is 0 Å². The topological polar surface area (TPSA) is 70.7 Å². The molecule has 1 aromatic carbocycles. The highest BCUT2D eigenvalue weighted by Crippen LogP contribution is 2.18. The number of anilines is 1. The van der Waals surface area contributed by atoms with Gasteiger partial charge in [0.1, 0.15) is 0 Å². The zero-order valence-electron chi connectivity index (χ0n) is 12.1. The van der Waals surface area contributed by atoms with Crippen LogP contribution in [0.1, 0.15) is 17.7 Å². The Bertz CT molecular complexity index is 828. The van der Waals surface area contributed by atoms with Crippen molar-refractivity contribution >= 4 is 34.2 Å². The van der Waals surface area contributed by atoms with Crippen LogP contribution in [0, 0.1) is 6.92 Å². The molecule has 0 fully saturated rings. The summed E-state index contributed by atoms with van der Waals surface area (Å²) in [4.78, 5) is 16.2. The largest absolute Gasteiger partial charge is 0.325 e. The number of nitrogens with one attached hydrogen (secondary N) is 2. The van der Waals surface area contributed by atoms with Crippen LogP contribution in [-0.2, 0) is 11.2 Å². The van der Waals surface area contributed by atoms with E-state index in [2.05, 4.69) is 20.5 Å². The minimum atomic E-state index is -0.0535. The van der Waals surface area contributed by atoms with Gasteiger partial charge in [-0.1, -0.05) is 23.7 Å². The predicted octanol–water partition coefficient (Wildman–Crippen LogP) is 3.49. The van der Waals surface area contributed by atoms with Crippen molar-refractivity contribution in [3.8, 4) is 0 Å². The summed E-state index contributed by atoms with van der Waals surface area (Å²) in [6.45, 7) is 1.92. The number of aromatic amines is 1. The molecule has 6 heteroatoms. The Morgan fingerprint density at radius 1 is 1.36 bits per heavy atom. The minimum absolute atomic E-state index is 0.0535. The summed E-state index contributed by atoms with van der Waals surface area (Å²) in [5.74, 6) is -0.0535. The lowest BCUT2D eigenvalue weighted by Gasteiger charge is -2.05. The van der Waals surface area contributed by atoms with Gasteiger partial charge in [0.15, 0.2) is 5.65 Å². The summed E-state index contributed by atoms with van der Waals surface area (Å²) >= 11 is 5.93. The van der Waals surface area contributed by atoms with Crippen molar-refractivity contribution < 1.29 is 4.79 Å². The van der Waals surface area contributed by atoms with Crippen molar-refractivity contribution in [2.75, 3.05) is 5.32 Å². The van der Waals surface area contributed by atoms with Crippen molar-refractivity contribution in [1.29, 1.82) is 0 Å². The monoisotopic (exact) mass is 314 g/mol. The highest BCUT2D eigenvalue weighted by atomic mass is 35.5. The molecule has 0 bridgehead atoms. The quantitative estimate of drug-likeness (QED) is 0.774. The van der Waals surface area contributed by atoms with E-state index in [1.807, 2.05) is 37.3 Å². The molecule has 0 spiro atoms. The van der Waals surface area contributed by atoms with Gasteiger partial charge in [-0.15, -0.1) is 0 Å². The molecule has 2 heterocycles. The lowest BCUT2D eigenvalue weighted by molar-refractivity contribution is -0.116. The minimum Gasteiger partial charge on any atom is -0.325 e. The number of fused-ring (bicyclic) bond motifs is 1. The van der Waals surface area contributed by atoms with Crippen LogP contribution in [0.2, 0.25) is 5.02 Å². The molecule has 2 N–H and O–H groups in total. The highest BCUT2D eigenvalue weighted by molar-refractivity contribution is 6.30. The van der Waals surface area contributed by atoms with Crippen molar-refractivity contribution in [2.45, 2.75) is 19.8 Å². The molecule has 22 heavy (non-hydrogen) atoms. The second-order valence-electron chi connectivity index (χ2n) is 5.12. The molecule has 0 aliphatic rings. The second-order valence-corrected chi connectivity index (χ2v) is 5.56. The van der Waals surface area contributed by atoms with Crippen LogP contribution < -0.4 is 5.32 Å². The lowest BCUT2D eigenvalue weighted by Crippen LogP contribution is -2.12.